The molecule has 0 bridgehead atoms. The molecule has 0 aliphatic carbocycles. The summed E-state index contributed by atoms with van der Waals surface area (Å²) in [5.74, 6) is 0.122. The largest absolute Gasteiger partial charge is 0.480 e. The van der Waals surface area contributed by atoms with Gasteiger partial charge in [-0.25, -0.2) is 9.55 Å². The van der Waals surface area contributed by atoms with Gasteiger partial charge >= 0.3 is 5.82 Å². The van der Waals surface area contributed by atoms with Gasteiger partial charge in [0.1, 0.15) is 6.20 Å². The zero-order valence-corrected chi connectivity index (χ0v) is 12.5. The molecule has 2 rings (SSSR count). The van der Waals surface area contributed by atoms with Gasteiger partial charge in [-0.2, -0.15) is 0 Å². The average Bonchev–Trinajstić information content (AvgIpc) is 2.79. The van der Waals surface area contributed by atoms with Crippen molar-refractivity contribution in [3.8, 4) is 5.75 Å². The number of imidazole rings is 1. The number of nitro benzene ring substituents is 1. The van der Waals surface area contributed by atoms with E-state index in [1.54, 1.807) is 0 Å². The molecule has 1 heterocycles. The fourth-order valence-electron chi connectivity index (χ4n) is 1.67. The van der Waals surface area contributed by atoms with Crippen LogP contribution in [0, 0.1) is 20.2 Å². The fourth-order valence-corrected chi connectivity index (χ4v) is 2.25. The highest BCUT2D eigenvalue weighted by Gasteiger charge is 2.20. The Bertz CT molecular complexity index is 738. The summed E-state index contributed by atoms with van der Waals surface area (Å²) in [5.41, 5.74) is -0.269. The summed E-state index contributed by atoms with van der Waals surface area (Å²) < 4.78 is 6.61. The Morgan fingerprint density at radius 3 is 2.27 bits per heavy atom. The van der Waals surface area contributed by atoms with E-state index >= 15 is 0 Å². The molecule has 0 saturated carbocycles. The van der Waals surface area contributed by atoms with E-state index in [1.165, 1.54) is 11.6 Å². The van der Waals surface area contributed by atoms with E-state index in [9.17, 15) is 20.2 Å². The van der Waals surface area contributed by atoms with Crippen molar-refractivity contribution in [1.29, 1.82) is 0 Å². The highest BCUT2D eigenvalue weighted by atomic mass is 35.5. The summed E-state index contributed by atoms with van der Waals surface area (Å²) >= 11 is 11.8. The number of aromatic nitrogens is 2. The van der Waals surface area contributed by atoms with Gasteiger partial charge in [-0.05, 0) is 4.92 Å². The van der Waals surface area contributed by atoms with Gasteiger partial charge in [0.05, 0.1) is 22.0 Å². The molecule has 0 aliphatic rings. The van der Waals surface area contributed by atoms with Crippen LogP contribution < -0.4 is 4.74 Å². The third-order valence-electron chi connectivity index (χ3n) is 2.79. The van der Waals surface area contributed by atoms with E-state index in [-0.39, 0.29) is 39.7 Å². The van der Waals surface area contributed by atoms with E-state index < -0.39 is 9.85 Å². The molecular weight excluding hydrogens is 339 g/mol. The van der Waals surface area contributed by atoms with Crippen LogP contribution in [0.5, 0.6) is 5.75 Å². The maximum Gasteiger partial charge on any atom is 0.342 e. The normalized spacial score (nSPS) is 10.5. The summed E-state index contributed by atoms with van der Waals surface area (Å²) in [4.78, 5) is 24.0. The van der Waals surface area contributed by atoms with Gasteiger partial charge in [0, 0.05) is 12.1 Å². The Morgan fingerprint density at radius 2 is 1.82 bits per heavy atom. The molecule has 0 unspecified atom stereocenters. The first-order valence-electron chi connectivity index (χ1n) is 5.72. The molecule has 0 saturated heterocycles. The zero-order chi connectivity index (χ0) is 16.4. The van der Waals surface area contributed by atoms with Crippen LogP contribution in [0.1, 0.15) is 5.82 Å². The Morgan fingerprint density at radius 1 is 1.23 bits per heavy atom. The second-order valence-electron chi connectivity index (χ2n) is 4.13. The number of non-ortho nitro benzene ring substituents is 1. The highest BCUT2D eigenvalue weighted by Crippen LogP contribution is 2.37. The Balaban J connectivity index is 2.22. The lowest BCUT2D eigenvalue weighted by atomic mass is 10.3. The number of rotatable bonds is 5. The summed E-state index contributed by atoms with van der Waals surface area (Å²) in [6.07, 6.45) is 1.09. The molecule has 0 fully saturated rings. The van der Waals surface area contributed by atoms with Crippen molar-refractivity contribution < 1.29 is 14.6 Å². The Labute approximate surface area is 133 Å². The standard InChI is InChI=1S/C11H8Cl2N4O5/c1-15-9(14-4-10(15)17(20)21)5-22-11-7(12)2-6(16(18)19)3-8(11)13/h2-4H,5H2,1H3. The fraction of sp³-hybridized carbons (Fsp3) is 0.182. The summed E-state index contributed by atoms with van der Waals surface area (Å²) in [5, 5.41) is 21.3. The monoisotopic (exact) mass is 346 g/mol. The number of halogens is 2. The summed E-state index contributed by atoms with van der Waals surface area (Å²) in [6, 6.07) is 2.20. The van der Waals surface area contributed by atoms with Crippen molar-refractivity contribution >= 4 is 34.7 Å². The van der Waals surface area contributed by atoms with Gasteiger partial charge in [-0.15, -0.1) is 0 Å². The van der Waals surface area contributed by atoms with Crippen LogP contribution in [0.2, 0.25) is 10.0 Å². The number of nitro groups is 2. The molecule has 0 atom stereocenters. The number of hydrogen-bond donors (Lipinski definition) is 0. The summed E-state index contributed by atoms with van der Waals surface area (Å²) in [7, 11) is 1.46. The van der Waals surface area contributed by atoms with Crippen molar-refractivity contribution in [3.05, 3.63) is 54.4 Å². The smallest absolute Gasteiger partial charge is 0.342 e. The quantitative estimate of drug-likeness (QED) is 0.606. The maximum absolute atomic E-state index is 10.7. The van der Waals surface area contributed by atoms with Crippen LogP contribution in [0.25, 0.3) is 0 Å². The molecule has 1 aromatic heterocycles. The van der Waals surface area contributed by atoms with Crippen LogP contribution >= 0.6 is 23.2 Å². The van der Waals surface area contributed by atoms with Gasteiger partial charge in [-0.1, -0.05) is 23.2 Å². The third-order valence-corrected chi connectivity index (χ3v) is 3.35. The lowest BCUT2D eigenvalue weighted by Crippen LogP contribution is -2.06. The number of benzene rings is 1. The molecular formula is C11H8Cl2N4O5. The minimum absolute atomic E-state index is 0.0390. The Hall–Kier alpha value is -2.39. The average molecular weight is 347 g/mol. The van der Waals surface area contributed by atoms with Crippen molar-refractivity contribution in [2.24, 2.45) is 7.05 Å². The molecule has 116 valence electrons. The summed E-state index contributed by atoms with van der Waals surface area (Å²) in [6.45, 7) is -0.137. The van der Waals surface area contributed by atoms with Crippen LogP contribution in [0.15, 0.2) is 18.3 Å². The minimum atomic E-state index is -0.635. The second kappa shape index (κ2) is 6.16. The molecule has 9 nitrogen and oxygen atoms in total. The molecule has 2 aromatic rings. The van der Waals surface area contributed by atoms with Crippen LogP contribution in [0.3, 0.4) is 0 Å². The molecule has 0 radical (unpaired) electrons. The first kappa shape index (κ1) is 16.0. The second-order valence-corrected chi connectivity index (χ2v) is 4.95. The van der Waals surface area contributed by atoms with Crippen molar-refractivity contribution in [2.75, 3.05) is 0 Å². The topological polar surface area (TPSA) is 113 Å². The first-order chi connectivity index (χ1) is 10.3. The highest BCUT2D eigenvalue weighted by molar-refractivity contribution is 6.37. The van der Waals surface area contributed by atoms with Gasteiger partial charge in [-0.3, -0.25) is 10.1 Å². The van der Waals surface area contributed by atoms with E-state index in [0.717, 1.165) is 18.3 Å². The predicted molar refractivity (Wildman–Crippen MR) is 77.3 cm³/mol. The van der Waals surface area contributed by atoms with E-state index in [4.69, 9.17) is 27.9 Å². The molecule has 0 aliphatic heterocycles. The van der Waals surface area contributed by atoms with Gasteiger partial charge in [0.25, 0.3) is 5.69 Å². The lowest BCUT2D eigenvalue weighted by Gasteiger charge is -2.08. The minimum Gasteiger partial charge on any atom is -0.480 e. The van der Waals surface area contributed by atoms with Crippen molar-refractivity contribution in [2.45, 2.75) is 6.61 Å². The zero-order valence-electron chi connectivity index (χ0n) is 11.0. The molecule has 0 spiro atoms. The van der Waals surface area contributed by atoms with Crippen LogP contribution in [-0.4, -0.2) is 19.4 Å². The first-order valence-corrected chi connectivity index (χ1v) is 6.48. The van der Waals surface area contributed by atoms with Crippen molar-refractivity contribution in [1.82, 2.24) is 9.55 Å². The van der Waals surface area contributed by atoms with Crippen LogP contribution in [0.4, 0.5) is 11.5 Å². The third kappa shape index (κ3) is 3.10. The van der Waals surface area contributed by atoms with E-state index in [2.05, 4.69) is 4.98 Å². The van der Waals surface area contributed by atoms with Gasteiger partial charge < -0.3 is 14.9 Å². The van der Waals surface area contributed by atoms with Crippen LogP contribution in [-0.2, 0) is 13.7 Å². The number of nitrogens with zero attached hydrogens (tertiary/aromatic N) is 4. The molecule has 11 heteroatoms. The van der Waals surface area contributed by atoms with Crippen molar-refractivity contribution in [3.63, 3.8) is 0 Å². The van der Waals surface area contributed by atoms with Gasteiger partial charge in [0.2, 0.25) is 5.82 Å². The molecule has 22 heavy (non-hydrogen) atoms. The van der Waals surface area contributed by atoms with Gasteiger partial charge in [0.15, 0.2) is 12.4 Å². The number of ether oxygens (including phenoxy) is 1. The molecule has 0 N–H and O–H groups in total. The predicted octanol–water partition coefficient (Wildman–Crippen LogP) is 3.12. The SMILES string of the molecule is Cn1c([N+](=O)[O-])cnc1COc1c(Cl)cc([N+](=O)[O-])cc1Cl. The molecule has 0 amide bonds. The maximum atomic E-state index is 10.7. The number of hydrogen-bond acceptors (Lipinski definition) is 6. The van der Waals surface area contributed by atoms with E-state index in [1.807, 2.05) is 0 Å². The Kier molecular flexibility index (Phi) is 4.48. The molecule has 1 aromatic carbocycles. The lowest BCUT2D eigenvalue weighted by molar-refractivity contribution is -0.391. The van der Waals surface area contributed by atoms with E-state index in [0.29, 0.717) is 0 Å².